The SMILES string of the molecule is O=C(NCCc1cnn(-c2ccccc2)c1)C1CCCN(C2=NS(=O)(=O)c3ccccc32)C1. The fraction of sp³-hybridized carbons (Fsp3) is 0.292. The Kier molecular flexibility index (Phi) is 5.72. The molecule has 0 spiro atoms. The molecule has 3 heterocycles. The molecule has 8 nitrogen and oxygen atoms in total. The first-order chi connectivity index (χ1) is 16.0. The molecule has 0 aliphatic carbocycles. The number of sulfonamides is 1. The molecule has 1 amide bonds. The summed E-state index contributed by atoms with van der Waals surface area (Å²) in [7, 11) is -3.67. The van der Waals surface area contributed by atoms with Crippen LogP contribution < -0.4 is 5.32 Å². The van der Waals surface area contributed by atoms with Gasteiger partial charge in [-0.1, -0.05) is 30.3 Å². The molecule has 1 unspecified atom stereocenters. The highest BCUT2D eigenvalue weighted by Gasteiger charge is 2.35. The summed E-state index contributed by atoms with van der Waals surface area (Å²) in [6, 6.07) is 16.7. The number of para-hydroxylation sites is 1. The van der Waals surface area contributed by atoms with Gasteiger partial charge in [-0.15, -0.1) is 4.40 Å². The smallest absolute Gasteiger partial charge is 0.285 e. The van der Waals surface area contributed by atoms with Crippen molar-refractivity contribution in [1.82, 2.24) is 20.0 Å². The monoisotopic (exact) mass is 463 g/mol. The van der Waals surface area contributed by atoms with E-state index in [1.807, 2.05) is 58.4 Å². The van der Waals surface area contributed by atoms with Gasteiger partial charge in [0, 0.05) is 31.4 Å². The highest BCUT2D eigenvalue weighted by Crippen LogP contribution is 2.29. The number of amidine groups is 1. The Bertz CT molecular complexity index is 1300. The first-order valence-electron chi connectivity index (χ1n) is 11.1. The summed E-state index contributed by atoms with van der Waals surface area (Å²) >= 11 is 0. The van der Waals surface area contributed by atoms with E-state index < -0.39 is 10.0 Å². The third kappa shape index (κ3) is 4.41. The van der Waals surface area contributed by atoms with Crippen molar-refractivity contribution >= 4 is 21.8 Å². The van der Waals surface area contributed by atoms with Crippen molar-refractivity contribution in [3.8, 4) is 5.69 Å². The van der Waals surface area contributed by atoms with Crippen molar-refractivity contribution in [3.63, 3.8) is 0 Å². The summed E-state index contributed by atoms with van der Waals surface area (Å²) in [5, 5.41) is 7.43. The Morgan fingerprint density at radius 2 is 1.88 bits per heavy atom. The van der Waals surface area contributed by atoms with Gasteiger partial charge in [0.15, 0.2) is 5.84 Å². The quantitative estimate of drug-likeness (QED) is 0.627. The van der Waals surface area contributed by atoms with Crippen molar-refractivity contribution in [1.29, 1.82) is 0 Å². The van der Waals surface area contributed by atoms with E-state index in [1.54, 1.807) is 18.2 Å². The number of benzene rings is 2. The molecule has 0 radical (unpaired) electrons. The lowest BCUT2D eigenvalue weighted by molar-refractivity contribution is -0.126. The Balaban J connectivity index is 1.18. The van der Waals surface area contributed by atoms with E-state index in [2.05, 4.69) is 14.8 Å². The Hall–Kier alpha value is -3.46. The zero-order valence-electron chi connectivity index (χ0n) is 18.1. The number of likely N-dealkylation sites (tertiary alicyclic amines) is 1. The number of fused-ring (bicyclic) bond motifs is 1. The van der Waals surface area contributed by atoms with E-state index in [4.69, 9.17) is 0 Å². The average molecular weight is 464 g/mol. The molecule has 1 saturated heterocycles. The first-order valence-corrected chi connectivity index (χ1v) is 12.5. The molecular weight excluding hydrogens is 438 g/mol. The number of hydrogen-bond donors (Lipinski definition) is 1. The summed E-state index contributed by atoms with van der Waals surface area (Å²) in [6.07, 6.45) is 6.06. The number of rotatable bonds is 5. The normalized spacial score (nSPS) is 19.1. The number of carbonyl (C=O) groups is 1. The van der Waals surface area contributed by atoms with Crippen LogP contribution in [0.15, 0.2) is 76.3 Å². The summed E-state index contributed by atoms with van der Waals surface area (Å²) < 4.78 is 30.6. The Labute approximate surface area is 193 Å². The number of aromatic nitrogens is 2. The molecule has 33 heavy (non-hydrogen) atoms. The molecule has 1 fully saturated rings. The van der Waals surface area contributed by atoms with Crippen LogP contribution in [0.1, 0.15) is 24.0 Å². The van der Waals surface area contributed by atoms with Crippen LogP contribution in [0, 0.1) is 5.92 Å². The fourth-order valence-electron chi connectivity index (χ4n) is 4.39. The standard InChI is InChI=1S/C24H25N5O3S/c30-24(25-13-12-18-15-26-29(16-18)20-8-2-1-3-9-20)19-7-6-14-28(17-19)23-21-10-4-5-11-22(21)33(31,32)27-23/h1-5,8-11,15-16,19H,6-7,12-14,17H2,(H,25,30). The molecule has 5 rings (SSSR count). The lowest BCUT2D eigenvalue weighted by atomic mass is 9.96. The van der Waals surface area contributed by atoms with Crippen LogP contribution in [-0.2, 0) is 21.2 Å². The summed E-state index contributed by atoms with van der Waals surface area (Å²) in [5.41, 5.74) is 2.66. The van der Waals surface area contributed by atoms with Gasteiger partial charge in [-0.2, -0.15) is 13.5 Å². The van der Waals surface area contributed by atoms with Gasteiger partial charge in [0.2, 0.25) is 5.91 Å². The molecule has 3 aromatic rings. The van der Waals surface area contributed by atoms with Crippen molar-refractivity contribution < 1.29 is 13.2 Å². The van der Waals surface area contributed by atoms with Crippen LogP contribution in [0.2, 0.25) is 0 Å². The molecule has 1 atom stereocenters. The number of hydrogen-bond acceptors (Lipinski definition) is 5. The highest BCUT2D eigenvalue weighted by molar-refractivity contribution is 7.90. The van der Waals surface area contributed by atoms with Crippen molar-refractivity contribution in [2.24, 2.45) is 10.3 Å². The minimum Gasteiger partial charge on any atom is -0.355 e. The Morgan fingerprint density at radius 1 is 1.09 bits per heavy atom. The van der Waals surface area contributed by atoms with Crippen LogP contribution in [0.3, 0.4) is 0 Å². The molecule has 1 N–H and O–H groups in total. The van der Waals surface area contributed by atoms with Gasteiger partial charge in [-0.05, 0) is 49.1 Å². The zero-order valence-corrected chi connectivity index (χ0v) is 18.9. The third-order valence-corrected chi connectivity index (χ3v) is 7.40. The molecule has 1 aromatic heterocycles. The molecule has 2 aliphatic heterocycles. The summed E-state index contributed by atoms with van der Waals surface area (Å²) in [4.78, 5) is 15.0. The van der Waals surface area contributed by atoms with E-state index in [0.29, 0.717) is 37.5 Å². The fourth-order valence-corrected chi connectivity index (χ4v) is 5.61. The minimum absolute atomic E-state index is 0.00936. The van der Waals surface area contributed by atoms with Crippen LogP contribution in [0.25, 0.3) is 5.69 Å². The van der Waals surface area contributed by atoms with Crippen molar-refractivity contribution in [2.45, 2.75) is 24.2 Å². The molecule has 9 heteroatoms. The second kappa shape index (κ2) is 8.82. The number of nitrogens with one attached hydrogen (secondary N) is 1. The predicted octanol–water partition coefficient (Wildman–Crippen LogP) is 2.39. The topological polar surface area (TPSA) is 96.7 Å². The first kappa shape index (κ1) is 21.4. The number of carbonyl (C=O) groups excluding carboxylic acids is 1. The van der Waals surface area contributed by atoms with E-state index in [9.17, 15) is 13.2 Å². The Morgan fingerprint density at radius 3 is 2.73 bits per heavy atom. The average Bonchev–Trinajstić information content (AvgIpc) is 3.42. The number of nitrogens with zero attached hydrogens (tertiary/aromatic N) is 4. The van der Waals surface area contributed by atoms with Gasteiger partial charge in [-0.25, -0.2) is 4.68 Å². The maximum Gasteiger partial charge on any atom is 0.285 e. The molecule has 2 aromatic carbocycles. The molecule has 2 aliphatic rings. The second-order valence-electron chi connectivity index (χ2n) is 8.34. The summed E-state index contributed by atoms with van der Waals surface area (Å²) in [5.74, 6) is 0.241. The predicted molar refractivity (Wildman–Crippen MR) is 125 cm³/mol. The van der Waals surface area contributed by atoms with Crippen LogP contribution in [0.5, 0.6) is 0 Å². The molecule has 0 bridgehead atoms. The molecule has 170 valence electrons. The van der Waals surface area contributed by atoms with Gasteiger partial charge in [0.05, 0.1) is 17.8 Å². The summed E-state index contributed by atoms with van der Waals surface area (Å²) in [6.45, 7) is 1.67. The third-order valence-electron chi connectivity index (χ3n) is 6.07. The number of piperidine rings is 1. The van der Waals surface area contributed by atoms with Crippen LogP contribution in [0.4, 0.5) is 0 Å². The van der Waals surface area contributed by atoms with E-state index >= 15 is 0 Å². The highest BCUT2D eigenvalue weighted by atomic mass is 32.2. The lowest BCUT2D eigenvalue weighted by Gasteiger charge is -2.33. The molecule has 0 saturated carbocycles. The van der Waals surface area contributed by atoms with Crippen LogP contribution in [-0.4, -0.2) is 54.5 Å². The van der Waals surface area contributed by atoms with E-state index in [0.717, 1.165) is 24.1 Å². The zero-order chi connectivity index (χ0) is 22.8. The van der Waals surface area contributed by atoms with Gasteiger partial charge in [-0.3, -0.25) is 4.79 Å². The minimum atomic E-state index is -3.67. The number of amides is 1. The van der Waals surface area contributed by atoms with E-state index in [-0.39, 0.29) is 16.7 Å². The van der Waals surface area contributed by atoms with Gasteiger partial charge in [0.25, 0.3) is 10.0 Å². The molecular formula is C24H25N5O3S. The van der Waals surface area contributed by atoms with Crippen LogP contribution >= 0.6 is 0 Å². The second-order valence-corrected chi connectivity index (χ2v) is 9.91. The maximum absolute atomic E-state index is 12.8. The van der Waals surface area contributed by atoms with Crippen molar-refractivity contribution in [2.75, 3.05) is 19.6 Å². The van der Waals surface area contributed by atoms with Gasteiger partial charge < -0.3 is 10.2 Å². The van der Waals surface area contributed by atoms with E-state index in [1.165, 1.54) is 0 Å². The maximum atomic E-state index is 12.8. The largest absolute Gasteiger partial charge is 0.355 e. The van der Waals surface area contributed by atoms with Gasteiger partial charge in [0.1, 0.15) is 4.90 Å². The lowest BCUT2D eigenvalue weighted by Crippen LogP contribution is -2.45. The van der Waals surface area contributed by atoms with Crippen molar-refractivity contribution in [3.05, 3.63) is 78.1 Å². The van der Waals surface area contributed by atoms with Gasteiger partial charge >= 0.3 is 0 Å².